The molecule has 0 saturated carbocycles. The van der Waals surface area contributed by atoms with Crippen LogP contribution in [0, 0.1) is 0 Å². The van der Waals surface area contributed by atoms with Crippen molar-refractivity contribution in [3.63, 3.8) is 0 Å². The van der Waals surface area contributed by atoms with Gasteiger partial charge in [0.2, 0.25) is 6.79 Å². The average molecular weight is 314 g/mol. The second-order valence-electron chi connectivity index (χ2n) is 5.17. The van der Waals surface area contributed by atoms with Gasteiger partial charge in [-0.1, -0.05) is 6.07 Å². The number of pyridine rings is 1. The number of carbonyl (C=O) groups is 1. The molecule has 23 heavy (non-hydrogen) atoms. The molecule has 0 bridgehead atoms. The summed E-state index contributed by atoms with van der Waals surface area (Å²) in [6.07, 6.45) is 1.53. The van der Waals surface area contributed by atoms with Crippen molar-refractivity contribution in [2.24, 2.45) is 0 Å². The maximum atomic E-state index is 11.6. The summed E-state index contributed by atoms with van der Waals surface area (Å²) in [5.74, 6) is 1.95. The molecular formula is C17H18N2O4. The van der Waals surface area contributed by atoms with E-state index in [-0.39, 0.29) is 12.8 Å². The number of ether oxygens (including phenoxy) is 3. The fourth-order valence-corrected chi connectivity index (χ4v) is 2.34. The number of hydrogen-bond donors (Lipinski definition) is 0. The third-order valence-corrected chi connectivity index (χ3v) is 3.51. The number of anilines is 1. The highest BCUT2D eigenvalue weighted by Crippen LogP contribution is 2.32. The molecule has 2 heterocycles. The smallest absolute Gasteiger partial charge is 0.339 e. The van der Waals surface area contributed by atoms with Gasteiger partial charge in [0, 0.05) is 19.8 Å². The Morgan fingerprint density at radius 1 is 1.26 bits per heavy atom. The molecule has 1 aromatic carbocycles. The number of fused-ring (bicyclic) bond motifs is 1. The van der Waals surface area contributed by atoms with Crippen molar-refractivity contribution in [3.05, 3.63) is 47.7 Å². The topological polar surface area (TPSA) is 60.9 Å². The van der Waals surface area contributed by atoms with E-state index in [0.29, 0.717) is 18.7 Å². The van der Waals surface area contributed by atoms with Crippen molar-refractivity contribution in [2.45, 2.75) is 13.5 Å². The highest BCUT2D eigenvalue weighted by molar-refractivity contribution is 5.89. The van der Waals surface area contributed by atoms with Crippen LogP contribution in [0.15, 0.2) is 36.5 Å². The summed E-state index contributed by atoms with van der Waals surface area (Å²) in [6, 6.07) is 9.39. The van der Waals surface area contributed by atoms with E-state index in [9.17, 15) is 4.79 Å². The zero-order chi connectivity index (χ0) is 16.2. The van der Waals surface area contributed by atoms with Crippen LogP contribution in [0.25, 0.3) is 0 Å². The molecule has 0 atom stereocenters. The van der Waals surface area contributed by atoms with Gasteiger partial charge in [0.25, 0.3) is 0 Å². The SMILES string of the molecule is CCOC(=O)c1ccc(N(C)Cc2ccc3c(c2)OCO3)nc1. The number of aromatic nitrogens is 1. The molecule has 0 radical (unpaired) electrons. The van der Waals surface area contributed by atoms with Gasteiger partial charge in [0.1, 0.15) is 5.82 Å². The van der Waals surface area contributed by atoms with Crippen LogP contribution in [-0.4, -0.2) is 31.4 Å². The van der Waals surface area contributed by atoms with Gasteiger partial charge in [-0.2, -0.15) is 0 Å². The lowest BCUT2D eigenvalue weighted by atomic mass is 10.2. The molecule has 0 N–H and O–H groups in total. The van der Waals surface area contributed by atoms with E-state index in [4.69, 9.17) is 14.2 Å². The van der Waals surface area contributed by atoms with E-state index >= 15 is 0 Å². The maximum absolute atomic E-state index is 11.6. The Labute approximate surface area is 134 Å². The Morgan fingerprint density at radius 3 is 2.83 bits per heavy atom. The largest absolute Gasteiger partial charge is 0.462 e. The first-order chi connectivity index (χ1) is 11.2. The van der Waals surface area contributed by atoms with Gasteiger partial charge < -0.3 is 19.1 Å². The van der Waals surface area contributed by atoms with E-state index in [1.807, 2.05) is 30.1 Å². The Morgan fingerprint density at radius 2 is 2.09 bits per heavy atom. The molecule has 2 aromatic rings. The summed E-state index contributed by atoms with van der Waals surface area (Å²) >= 11 is 0. The quantitative estimate of drug-likeness (QED) is 0.791. The molecule has 120 valence electrons. The highest BCUT2D eigenvalue weighted by atomic mass is 16.7. The first-order valence-electron chi connectivity index (χ1n) is 7.40. The molecule has 0 spiro atoms. The normalized spacial score (nSPS) is 12.1. The monoisotopic (exact) mass is 314 g/mol. The summed E-state index contributed by atoms with van der Waals surface area (Å²) < 4.78 is 15.6. The summed E-state index contributed by atoms with van der Waals surface area (Å²) in [7, 11) is 1.94. The fraction of sp³-hybridized carbons (Fsp3) is 0.294. The molecule has 6 heteroatoms. The van der Waals surface area contributed by atoms with Crippen LogP contribution in [0.3, 0.4) is 0 Å². The number of benzene rings is 1. The Balaban J connectivity index is 1.68. The third kappa shape index (κ3) is 3.36. The Hall–Kier alpha value is -2.76. The number of esters is 1. The predicted octanol–water partition coefficient (Wildman–Crippen LogP) is 2.62. The van der Waals surface area contributed by atoms with Gasteiger partial charge in [-0.05, 0) is 36.8 Å². The van der Waals surface area contributed by atoms with E-state index in [0.717, 1.165) is 22.9 Å². The van der Waals surface area contributed by atoms with Gasteiger partial charge in [-0.3, -0.25) is 0 Å². The summed E-state index contributed by atoms with van der Waals surface area (Å²) in [4.78, 5) is 17.9. The number of carbonyl (C=O) groups excluding carboxylic acids is 1. The fourth-order valence-electron chi connectivity index (χ4n) is 2.34. The van der Waals surface area contributed by atoms with Gasteiger partial charge in [0.15, 0.2) is 11.5 Å². The van der Waals surface area contributed by atoms with E-state index in [1.54, 1.807) is 19.1 Å². The first kappa shape index (κ1) is 15.1. The number of nitrogens with zero attached hydrogens (tertiary/aromatic N) is 2. The van der Waals surface area contributed by atoms with Gasteiger partial charge >= 0.3 is 5.97 Å². The van der Waals surface area contributed by atoms with Gasteiger partial charge in [0.05, 0.1) is 12.2 Å². The summed E-state index contributed by atoms with van der Waals surface area (Å²) in [5.41, 5.74) is 1.54. The average Bonchev–Trinajstić information content (AvgIpc) is 3.03. The number of hydrogen-bond acceptors (Lipinski definition) is 6. The lowest BCUT2D eigenvalue weighted by molar-refractivity contribution is 0.0526. The van der Waals surface area contributed by atoms with Gasteiger partial charge in [-0.15, -0.1) is 0 Å². The molecule has 0 saturated heterocycles. The molecule has 0 unspecified atom stereocenters. The van der Waals surface area contributed by atoms with Crippen molar-refractivity contribution >= 4 is 11.8 Å². The molecule has 0 amide bonds. The molecule has 3 rings (SSSR count). The third-order valence-electron chi connectivity index (χ3n) is 3.51. The second-order valence-corrected chi connectivity index (χ2v) is 5.17. The number of rotatable bonds is 5. The minimum Gasteiger partial charge on any atom is -0.462 e. The zero-order valence-electron chi connectivity index (χ0n) is 13.1. The molecule has 1 aliphatic rings. The lowest BCUT2D eigenvalue weighted by Gasteiger charge is -2.18. The zero-order valence-corrected chi connectivity index (χ0v) is 13.1. The van der Waals surface area contributed by atoms with E-state index in [2.05, 4.69) is 4.98 Å². The van der Waals surface area contributed by atoms with Crippen LogP contribution in [0.1, 0.15) is 22.8 Å². The Bertz CT molecular complexity index is 700. The van der Waals surface area contributed by atoms with Crippen LogP contribution < -0.4 is 14.4 Å². The molecule has 1 aliphatic heterocycles. The standard InChI is InChI=1S/C17H18N2O4/c1-3-21-17(20)13-5-7-16(18-9-13)19(2)10-12-4-6-14-15(8-12)23-11-22-14/h4-9H,3,10-11H2,1-2H3. The molecular weight excluding hydrogens is 296 g/mol. The highest BCUT2D eigenvalue weighted by Gasteiger charge is 2.14. The van der Waals surface area contributed by atoms with Crippen molar-refractivity contribution in [1.29, 1.82) is 0 Å². The van der Waals surface area contributed by atoms with Crippen molar-refractivity contribution < 1.29 is 19.0 Å². The second kappa shape index (κ2) is 6.56. The van der Waals surface area contributed by atoms with Crippen LogP contribution in [-0.2, 0) is 11.3 Å². The minimum atomic E-state index is -0.357. The van der Waals surface area contributed by atoms with Crippen molar-refractivity contribution in [3.8, 4) is 11.5 Å². The van der Waals surface area contributed by atoms with Crippen LogP contribution in [0.5, 0.6) is 11.5 Å². The summed E-state index contributed by atoms with van der Waals surface area (Å²) in [6.45, 7) is 3.07. The molecule has 0 fully saturated rings. The van der Waals surface area contributed by atoms with Gasteiger partial charge in [-0.25, -0.2) is 9.78 Å². The van der Waals surface area contributed by atoms with E-state index < -0.39 is 0 Å². The minimum absolute atomic E-state index is 0.269. The summed E-state index contributed by atoms with van der Waals surface area (Å²) in [5, 5.41) is 0. The van der Waals surface area contributed by atoms with Crippen LogP contribution in [0.2, 0.25) is 0 Å². The van der Waals surface area contributed by atoms with E-state index in [1.165, 1.54) is 6.20 Å². The maximum Gasteiger partial charge on any atom is 0.339 e. The van der Waals surface area contributed by atoms with Crippen molar-refractivity contribution in [2.75, 3.05) is 25.3 Å². The van der Waals surface area contributed by atoms with Crippen LogP contribution >= 0.6 is 0 Å². The Kier molecular flexibility index (Phi) is 4.32. The first-order valence-corrected chi connectivity index (χ1v) is 7.40. The molecule has 0 aliphatic carbocycles. The molecule has 1 aromatic heterocycles. The van der Waals surface area contributed by atoms with Crippen LogP contribution in [0.4, 0.5) is 5.82 Å². The lowest BCUT2D eigenvalue weighted by Crippen LogP contribution is -2.18. The molecule has 6 nitrogen and oxygen atoms in total. The predicted molar refractivity (Wildman–Crippen MR) is 84.9 cm³/mol. The van der Waals surface area contributed by atoms with Crippen molar-refractivity contribution in [1.82, 2.24) is 4.98 Å².